The van der Waals surface area contributed by atoms with Gasteiger partial charge in [-0.05, 0) is 36.5 Å². The number of carbonyl (C=O) groups is 3. The van der Waals surface area contributed by atoms with Crippen molar-refractivity contribution < 1.29 is 19.5 Å². The summed E-state index contributed by atoms with van der Waals surface area (Å²) in [4.78, 5) is 64.0. The Bertz CT molecular complexity index is 1080. The van der Waals surface area contributed by atoms with E-state index in [0.717, 1.165) is 4.57 Å². The van der Waals surface area contributed by atoms with Crippen molar-refractivity contribution in [2.45, 2.75) is 38.9 Å². The number of benzene rings is 1. The molecule has 2 amide bonds. The second-order valence-electron chi connectivity index (χ2n) is 7.34. The highest BCUT2D eigenvalue weighted by Crippen LogP contribution is 2.06. The first kappa shape index (κ1) is 24.2. The first-order valence-electron chi connectivity index (χ1n) is 9.69. The fourth-order valence-corrected chi connectivity index (χ4v) is 3.47. The Morgan fingerprint density at radius 3 is 2.45 bits per heavy atom. The number of hydrogen-bond donors (Lipinski definition) is 4. The highest BCUT2D eigenvalue weighted by atomic mass is 32.2. The molecule has 4 N–H and O–H groups in total. The van der Waals surface area contributed by atoms with Gasteiger partial charge in [0, 0.05) is 0 Å². The molecule has 0 aliphatic rings. The van der Waals surface area contributed by atoms with Gasteiger partial charge < -0.3 is 20.7 Å². The van der Waals surface area contributed by atoms with E-state index in [1.807, 2.05) is 6.26 Å². The van der Waals surface area contributed by atoms with Gasteiger partial charge in [-0.25, -0.2) is 9.59 Å². The second-order valence-corrected chi connectivity index (χ2v) is 8.32. The number of nitrogens with one attached hydrogen (secondary N) is 3. The van der Waals surface area contributed by atoms with Crippen molar-refractivity contribution in [3.05, 3.63) is 45.1 Å². The van der Waals surface area contributed by atoms with Gasteiger partial charge in [0.1, 0.15) is 18.6 Å². The van der Waals surface area contributed by atoms with E-state index < -0.39 is 47.7 Å². The molecule has 1 aromatic heterocycles. The normalized spacial score (nSPS) is 13.0. The van der Waals surface area contributed by atoms with Crippen LogP contribution >= 0.6 is 11.8 Å². The van der Waals surface area contributed by atoms with Gasteiger partial charge >= 0.3 is 11.7 Å². The Morgan fingerprint density at radius 2 is 1.84 bits per heavy atom. The summed E-state index contributed by atoms with van der Waals surface area (Å²) in [6, 6.07) is 4.32. The Labute approximate surface area is 182 Å². The summed E-state index contributed by atoms with van der Waals surface area (Å²) in [5.74, 6) is -2.33. The van der Waals surface area contributed by atoms with Crippen LogP contribution in [0.4, 0.5) is 0 Å². The second kappa shape index (κ2) is 10.8. The number of hydrogen-bond acceptors (Lipinski definition) is 6. The zero-order valence-corrected chi connectivity index (χ0v) is 18.3. The molecule has 10 nitrogen and oxygen atoms in total. The number of carboxylic acids is 1. The van der Waals surface area contributed by atoms with Gasteiger partial charge in [-0.15, -0.1) is 0 Å². The molecule has 0 aliphatic carbocycles. The van der Waals surface area contributed by atoms with Crippen molar-refractivity contribution in [2.24, 2.45) is 5.92 Å². The number of carbonyl (C=O) groups excluding carboxylic acids is 2. The van der Waals surface area contributed by atoms with Crippen LogP contribution in [0.3, 0.4) is 0 Å². The minimum Gasteiger partial charge on any atom is -0.480 e. The summed E-state index contributed by atoms with van der Waals surface area (Å²) in [6.07, 6.45) is 2.09. The van der Waals surface area contributed by atoms with Crippen LogP contribution in [-0.2, 0) is 20.9 Å². The summed E-state index contributed by atoms with van der Waals surface area (Å²) in [7, 11) is 0. The molecule has 11 heteroatoms. The molecule has 0 bridgehead atoms. The Hall–Kier alpha value is -3.08. The number of carboxylic acid groups (broad SMARTS) is 1. The SMILES string of the molecule is CSCC[C@H](NC(=O)Cn1c(=O)[nH]c2ccccc2c1=O)C(=O)N[C@H](C(=O)O)C(C)C. The number of para-hydroxylation sites is 1. The van der Waals surface area contributed by atoms with Crippen LogP contribution in [-0.4, -0.2) is 56.5 Å². The van der Waals surface area contributed by atoms with Gasteiger partial charge in [0.15, 0.2) is 0 Å². The zero-order valence-electron chi connectivity index (χ0n) is 17.5. The summed E-state index contributed by atoms with van der Waals surface area (Å²) in [5.41, 5.74) is -1.00. The molecule has 0 unspecified atom stereocenters. The number of rotatable bonds is 10. The Balaban J connectivity index is 2.20. The third-order valence-corrected chi connectivity index (χ3v) is 5.33. The first-order valence-corrected chi connectivity index (χ1v) is 11.1. The van der Waals surface area contributed by atoms with E-state index in [1.165, 1.54) is 17.8 Å². The molecule has 2 aromatic rings. The molecular weight excluding hydrogens is 424 g/mol. The lowest BCUT2D eigenvalue weighted by Gasteiger charge is -2.23. The van der Waals surface area contributed by atoms with Gasteiger partial charge in [0.05, 0.1) is 10.9 Å². The average molecular weight is 451 g/mol. The Morgan fingerprint density at radius 1 is 1.16 bits per heavy atom. The molecule has 0 fully saturated rings. The number of aromatic nitrogens is 2. The predicted molar refractivity (Wildman–Crippen MR) is 118 cm³/mol. The van der Waals surface area contributed by atoms with E-state index in [-0.39, 0.29) is 17.7 Å². The van der Waals surface area contributed by atoms with E-state index in [2.05, 4.69) is 15.6 Å². The third-order valence-electron chi connectivity index (χ3n) is 4.68. The molecule has 0 saturated carbocycles. The fraction of sp³-hybridized carbons (Fsp3) is 0.450. The molecule has 168 valence electrons. The monoisotopic (exact) mass is 450 g/mol. The number of amides is 2. The molecule has 2 rings (SSSR count). The van der Waals surface area contributed by atoms with E-state index >= 15 is 0 Å². The number of aromatic amines is 1. The minimum absolute atomic E-state index is 0.256. The van der Waals surface area contributed by atoms with Crippen LogP contribution in [0.5, 0.6) is 0 Å². The van der Waals surface area contributed by atoms with E-state index in [0.29, 0.717) is 11.3 Å². The van der Waals surface area contributed by atoms with E-state index in [1.54, 1.807) is 32.0 Å². The van der Waals surface area contributed by atoms with Crippen LogP contribution in [0.25, 0.3) is 10.9 Å². The van der Waals surface area contributed by atoms with E-state index in [9.17, 15) is 29.1 Å². The lowest BCUT2D eigenvalue weighted by atomic mass is 10.0. The number of nitrogens with zero attached hydrogens (tertiary/aromatic N) is 1. The van der Waals surface area contributed by atoms with Crippen LogP contribution < -0.4 is 21.9 Å². The maximum atomic E-state index is 12.6. The fourth-order valence-electron chi connectivity index (χ4n) is 3.00. The van der Waals surface area contributed by atoms with Gasteiger partial charge in [-0.1, -0.05) is 26.0 Å². The third kappa shape index (κ3) is 6.20. The lowest BCUT2D eigenvalue weighted by Crippen LogP contribution is -2.54. The van der Waals surface area contributed by atoms with Crippen molar-refractivity contribution in [2.75, 3.05) is 12.0 Å². The molecule has 0 saturated heterocycles. The first-order chi connectivity index (χ1) is 14.6. The molecule has 0 spiro atoms. The van der Waals surface area contributed by atoms with Crippen LogP contribution in [0.15, 0.2) is 33.9 Å². The van der Waals surface area contributed by atoms with E-state index in [4.69, 9.17) is 0 Å². The Kier molecular flexibility index (Phi) is 8.43. The van der Waals surface area contributed by atoms with Crippen LogP contribution in [0.1, 0.15) is 20.3 Å². The zero-order chi connectivity index (χ0) is 23.1. The minimum atomic E-state index is -1.17. The molecule has 31 heavy (non-hydrogen) atoms. The summed E-state index contributed by atoms with van der Waals surface area (Å²) in [6.45, 7) is 2.74. The lowest BCUT2D eigenvalue weighted by molar-refractivity contribution is -0.143. The van der Waals surface area contributed by atoms with Crippen molar-refractivity contribution in [3.63, 3.8) is 0 Å². The smallest absolute Gasteiger partial charge is 0.329 e. The molecule has 2 atom stereocenters. The molecule has 0 aliphatic heterocycles. The predicted octanol–water partition coefficient (Wildman–Crippen LogP) is 0.153. The number of thioether (sulfide) groups is 1. The highest BCUT2D eigenvalue weighted by Gasteiger charge is 2.28. The quantitative estimate of drug-likeness (QED) is 0.402. The largest absolute Gasteiger partial charge is 0.480 e. The molecule has 1 heterocycles. The highest BCUT2D eigenvalue weighted by molar-refractivity contribution is 7.98. The van der Waals surface area contributed by atoms with Crippen LogP contribution in [0.2, 0.25) is 0 Å². The van der Waals surface area contributed by atoms with Crippen molar-refractivity contribution in [1.29, 1.82) is 0 Å². The van der Waals surface area contributed by atoms with Gasteiger partial charge in [-0.3, -0.25) is 19.0 Å². The molecular formula is C20H26N4O6S. The average Bonchev–Trinajstić information content (AvgIpc) is 2.71. The van der Waals surface area contributed by atoms with Crippen molar-refractivity contribution >= 4 is 40.4 Å². The number of aliphatic carboxylic acids is 1. The summed E-state index contributed by atoms with van der Waals surface area (Å²) >= 11 is 1.46. The van der Waals surface area contributed by atoms with Crippen molar-refractivity contribution in [1.82, 2.24) is 20.2 Å². The standard InChI is InChI=1S/C20H26N4O6S/c1-11(2)16(19(28)29)23-17(26)14(8-9-31-3)21-15(25)10-24-18(27)12-6-4-5-7-13(12)22-20(24)30/h4-7,11,14,16H,8-10H2,1-3H3,(H,21,25)(H,22,30)(H,23,26)(H,28,29)/t14-,16-/m0/s1. The van der Waals surface area contributed by atoms with Crippen molar-refractivity contribution in [3.8, 4) is 0 Å². The van der Waals surface area contributed by atoms with Gasteiger partial charge in [0.2, 0.25) is 11.8 Å². The maximum absolute atomic E-state index is 12.6. The number of H-pyrrole nitrogens is 1. The topological polar surface area (TPSA) is 150 Å². The number of fused-ring (bicyclic) bond motifs is 1. The van der Waals surface area contributed by atoms with Crippen LogP contribution in [0, 0.1) is 5.92 Å². The maximum Gasteiger partial charge on any atom is 0.329 e. The molecule has 1 aromatic carbocycles. The van der Waals surface area contributed by atoms with Gasteiger partial charge in [-0.2, -0.15) is 11.8 Å². The van der Waals surface area contributed by atoms with Gasteiger partial charge in [0.25, 0.3) is 5.56 Å². The molecule has 0 radical (unpaired) electrons. The summed E-state index contributed by atoms with van der Waals surface area (Å²) < 4.78 is 0.759. The summed E-state index contributed by atoms with van der Waals surface area (Å²) in [5, 5.41) is 14.5.